The van der Waals surface area contributed by atoms with E-state index in [4.69, 9.17) is 4.74 Å². The van der Waals surface area contributed by atoms with Crippen molar-refractivity contribution in [1.29, 1.82) is 0 Å². The topological polar surface area (TPSA) is 32.7 Å². The maximum Gasteiger partial charge on any atom is 0.119 e. The van der Waals surface area contributed by atoms with Gasteiger partial charge in [-0.05, 0) is 43.6 Å². The number of aliphatic hydroxyl groups excluding tert-OH is 1. The average Bonchev–Trinajstić information content (AvgIpc) is 2.67. The fourth-order valence-corrected chi connectivity index (χ4v) is 3.36. The molecule has 0 amide bonds. The lowest BCUT2D eigenvalue weighted by Gasteiger charge is -2.32. The van der Waals surface area contributed by atoms with Gasteiger partial charge in [-0.15, -0.1) is 0 Å². The van der Waals surface area contributed by atoms with E-state index in [1.54, 1.807) is 0 Å². The van der Waals surface area contributed by atoms with Crippen molar-refractivity contribution in [3.05, 3.63) is 66.2 Å². The van der Waals surface area contributed by atoms with Gasteiger partial charge in [0.25, 0.3) is 0 Å². The van der Waals surface area contributed by atoms with E-state index in [-0.39, 0.29) is 5.92 Å². The number of likely N-dealkylation sites (tertiary alicyclic amines) is 1. The number of aliphatic hydroxyl groups is 1. The molecular weight excluding hydrogens is 298 g/mol. The van der Waals surface area contributed by atoms with Gasteiger partial charge in [0, 0.05) is 12.5 Å². The van der Waals surface area contributed by atoms with E-state index < -0.39 is 6.10 Å². The van der Waals surface area contributed by atoms with Gasteiger partial charge in [0.15, 0.2) is 0 Å². The van der Waals surface area contributed by atoms with E-state index in [2.05, 4.69) is 4.90 Å². The summed E-state index contributed by atoms with van der Waals surface area (Å²) >= 11 is 0. The molecule has 128 valence electrons. The smallest absolute Gasteiger partial charge is 0.119 e. The van der Waals surface area contributed by atoms with Crippen LogP contribution in [0.15, 0.2) is 60.7 Å². The molecule has 1 fully saturated rings. The Balaban J connectivity index is 1.67. The lowest BCUT2D eigenvalue weighted by Crippen LogP contribution is -2.38. The predicted molar refractivity (Wildman–Crippen MR) is 97.1 cm³/mol. The second-order valence-electron chi connectivity index (χ2n) is 6.60. The summed E-state index contributed by atoms with van der Waals surface area (Å²) in [7, 11) is 0. The summed E-state index contributed by atoms with van der Waals surface area (Å²) in [6, 6.07) is 19.8. The van der Waals surface area contributed by atoms with Crippen LogP contribution in [0.3, 0.4) is 0 Å². The fraction of sp³-hybridized carbons (Fsp3) is 0.429. The van der Waals surface area contributed by atoms with E-state index in [9.17, 15) is 5.11 Å². The highest BCUT2D eigenvalue weighted by molar-refractivity contribution is 5.21. The summed E-state index contributed by atoms with van der Waals surface area (Å²) in [5.74, 6) is 0.923. The molecule has 3 rings (SSSR count). The normalized spacial score (nSPS) is 18.0. The van der Waals surface area contributed by atoms with Crippen molar-refractivity contribution >= 4 is 0 Å². The molecule has 0 spiro atoms. The molecule has 2 atom stereocenters. The minimum atomic E-state index is -0.503. The van der Waals surface area contributed by atoms with Crippen LogP contribution in [-0.2, 0) is 0 Å². The van der Waals surface area contributed by atoms with Crippen LogP contribution >= 0.6 is 0 Å². The Morgan fingerprint density at radius 3 is 2.17 bits per heavy atom. The maximum absolute atomic E-state index is 10.9. The zero-order valence-electron chi connectivity index (χ0n) is 14.2. The summed E-state index contributed by atoms with van der Waals surface area (Å²) in [6.07, 6.45) is 3.33. The summed E-state index contributed by atoms with van der Waals surface area (Å²) in [5, 5.41) is 10.9. The Morgan fingerprint density at radius 2 is 1.50 bits per heavy atom. The van der Waals surface area contributed by atoms with Gasteiger partial charge in [0.1, 0.15) is 5.75 Å². The number of piperidine rings is 1. The van der Waals surface area contributed by atoms with Gasteiger partial charge in [-0.1, -0.05) is 55.0 Å². The van der Waals surface area contributed by atoms with Crippen LogP contribution in [-0.4, -0.2) is 36.2 Å². The van der Waals surface area contributed by atoms with E-state index in [0.29, 0.717) is 6.61 Å². The molecule has 2 unspecified atom stereocenters. The molecular formula is C21H27NO2. The van der Waals surface area contributed by atoms with Gasteiger partial charge >= 0.3 is 0 Å². The minimum absolute atomic E-state index is 0.0608. The number of hydrogen-bond donors (Lipinski definition) is 1. The Bertz CT molecular complexity index is 581. The highest BCUT2D eigenvalue weighted by atomic mass is 16.5. The second-order valence-corrected chi connectivity index (χ2v) is 6.60. The molecule has 0 saturated carbocycles. The summed E-state index contributed by atoms with van der Waals surface area (Å²) in [6.45, 7) is 3.66. The number of benzene rings is 2. The molecule has 3 heteroatoms. The summed E-state index contributed by atoms with van der Waals surface area (Å²) in [5.41, 5.74) is 0.969. The Morgan fingerprint density at radius 1 is 0.875 bits per heavy atom. The highest BCUT2D eigenvalue weighted by Gasteiger charge is 2.25. The first-order chi connectivity index (χ1) is 11.8. The van der Waals surface area contributed by atoms with Crippen LogP contribution in [0.5, 0.6) is 5.75 Å². The molecule has 0 aromatic heterocycles. The van der Waals surface area contributed by atoms with Crippen molar-refractivity contribution in [3.8, 4) is 5.75 Å². The van der Waals surface area contributed by atoms with E-state index >= 15 is 0 Å². The van der Waals surface area contributed by atoms with Crippen molar-refractivity contribution < 1.29 is 9.84 Å². The highest BCUT2D eigenvalue weighted by Crippen LogP contribution is 2.25. The lowest BCUT2D eigenvalue weighted by molar-refractivity contribution is 0.0443. The molecule has 1 aliphatic rings. The minimum Gasteiger partial charge on any atom is -0.493 e. The Labute approximate surface area is 144 Å². The van der Waals surface area contributed by atoms with Crippen LogP contribution in [0.2, 0.25) is 0 Å². The van der Waals surface area contributed by atoms with Crippen molar-refractivity contribution in [2.75, 3.05) is 26.2 Å². The third-order valence-electron chi connectivity index (χ3n) is 4.74. The molecule has 2 aromatic carbocycles. The molecule has 0 aliphatic carbocycles. The monoisotopic (exact) mass is 325 g/mol. The molecule has 0 radical (unpaired) electrons. The molecule has 1 aliphatic heterocycles. The number of hydrogen-bond acceptors (Lipinski definition) is 3. The number of nitrogens with zero attached hydrogens (tertiary/aromatic N) is 1. The van der Waals surface area contributed by atoms with Crippen LogP contribution in [0.4, 0.5) is 0 Å². The molecule has 3 nitrogen and oxygen atoms in total. The second kappa shape index (κ2) is 8.86. The first-order valence-corrected chi connectivity index (χ1v) is 8.96. The van der Waals surface area contributed by atoms with Crippen LogP contribution in [0.1, 0.15) is 30.9 Å². The first-order valence-electron chi connectivity index (χ1n) is 8.96. The molecule has 1 N–H and O–H groups in total. The van der Waals surface area contributed by atoms with Gasteiger partial charge in [0.2, 0.25) is 0 Å². The maximum atomic E-state index is 10.9. The third kappa shape index (κ3) is 4.83. The fourth-order valence-electron chi connectivity index (χ4n) is 3.36. The molecule has 1 heterocycles. The molecule has 1 saturated heterocycles. The Hall–Kier alpha value is -1.84. The first kappa shape index (κ1) is 17.0. The van der Waals surface area contributed by atoms with E-state index in [1.165, 1.54) is 19.3 Å². The van der Waals surface area contributed by atoms with E-state index in [0.717, 1.165) is 30.9 Å². The molecule has 24 heavy (non-hydrogen) atoms. The van der Waals surface area contributed by atoms with Gasteiger partial charge in [-0.2, -0.15) is 0 Å². The van der Waals surface area contributed by atoms with Crippen molar-refractivity contribution in [1.82, 2.24) is 4.90 Å². The SMILES string of the molecule is OC(c1ccccc1)C(COc1ccccc1)CN1CCCCC1. The largest absolute Gasteiger partial charge is 0.493 e. The number of rotatable bonds is 7. The predicted octanol–water partition coefficient (Wildman–Crippen LogP) is 3.90. The third-order valence-corrected chi connectivity index (χ3v) is 4.74. The zero-order chi connectivity index (χ0) is 16.6. The van der Waals surface area contributed by atoms with Crippen molar-refractivity contribution in [2.24, 2.45) is 5.92 Å². The van der Waals surface area contributed by atoms with Gasteiger partial charge in [0.05, 0.1) is 12.7 Å². The number of ether oxygens (including phenoxy) is 1. The zero-order valence-corrected chi connectivity index (χ0v) is 14.2. The summed E-state index contributed by atoms with van der Waals surface area (Å²) in [4.78, 5) is 2.47. The quantitative estimate of drug-likeness (QED) is 0.838. The lowest BCUT2D eigenvalue weighted by atomic mass is 9.95. The molecule has 0 bridgehead atoms. The van der Waals surface area contributed by atoms with Crippen LogP contribution < -0.4 is 4.74 Å². The van der Waals surface area contributed by atoms with Crippen LogP contribution in [0.25, 0.3) is 0 Å². The average molecular weight is 325 g/mol. The van der Waals surface area contributed by atoms with Gasteiger partial charge in [-0.25, -0.2) is 0 Å². The van der Waals surface area contributed by atoms with Crippen LogP contribution in [0, 0.1) is 5.92 Å². The number of para-hydroxylation sites is 1. The van der Waals surface area contributed by atoms with Crippen molar-refractivity contribution in [2.45, 2.75) is 25.4 Å². The standard InChI is InChI=1S/C21H27NO2/c23-21(18-10-4-1-5-11-18)19(16-22-14-8-3-9-15-22)17-24-20-12-6-2-7-13-20/h1-2,4-7,10-13,19,21,23H,3,8-9,14-17H2. The Kier molecular flexibility index (Phi) is 6.27. The van der Waals surface area contributed by atoms with Crippen molar-refractivity contribution in [3.63, 3.8) is 0 Å². The summed E-state index contributed by atoms with van der Waals surface area (Å²) < 4.78 is 5.97. The van der Waals surface area contributed by atoms with Gasteiger partial charge < -0.3 is 14.7 Å². The molecule has 2 aromatic rings. The van der Waals surface area contributed by atoms with E-state index in [1.807, 2.05) is 60.7 Å². The van der Waals surface area contributed by atoms with Gasteiger partial charge in [-0.3, -0.25) is 0 Å².